The molecule has 1 unspecified atom stereocenters. The molecule has 1 rings (SSSR count). The van der Waals surface area contributed by atoms with Crippen LogP contribution >= 0.6 is 0 Å². The number of hydrogen-bond donors (Lipinski definition) is 1. The van der Waals surface area contributed by atoms with E-state index in [1.165, 1.54) is 6.07 Å². The van der Waals surface area contributed by atoms with Gasteiger partial charge in [0.1, 0.15) is 6.17 Å². The summed E-state index contributed by atoms with van der Waals surface area (Å²) >= 11 is 0. The summed E-state index contributed by atoms with van der Waals surface area (Å²) in [6, 6.07) is 4.56. The molecule has 20 heavy (non-hydrogen) atoms. The van der Waals surface area contributed by atoms with Crippen LogP contribution in [0.25, 0.3) is 0 Å². The van der Waals surface area contributed by atoms with Crippen LogP contribution in [0.4, 0.5) is 4.39 Å². The quantitative estimate of drug-likeness (QED) is 0.581. The summed E-state index contributed by atoms with van der Waals surface area (Å²) in [7, 11) is -4.29. The first-order valence-corrected chi connectivity index (χ1v) is 8.49. The Morgan fingerprint density at radius 1 is 1.25 bits per heavy atom. The van der Waals surface area contributed by atoms with Crippen LogP contribution < -0.4 is 0 Å². The number of hydrogen-bond acceptors (Lipinski definition) is 2. The van der Waals surface area contributed by atoms with Gasteiger partial charge in [0.05, 0.1) is 4.90 Å². The van der Waals surface area contributed by atoms with E-state index < -0.39 is 16.3 Å². The Hall–Kier alpha value is -0.940. The zero-order valence-corrected chi connectivity index (χ0v) is 12.9. The zero-order chi connectivity index (χ0) is 15.2. The van der Waals surface area contributed by atoms with Gasteiger partial charge in [0, 0.05) is 6.42 Å². The largest absolute Gasteiger partial charge is 0.294 e. The molecule has 5 heteroatoms. The van der Waals surface area contributed by atoms with Crippen molar-refractivity contribution < 1.29 is 17.4 Å². The van der Waals surface area contributed by atoms with Gasteiger partial charge in [-0.25, -0.2) is 4.39 Å². The third kappa shape index (κ3) is 5.59. The highest BCUT2D eigenvalue weighted by atomic mass is 32.2. The van der Waals surface area contributed by atoms with E-state index in [9.17, 15) is 12.8 Å². The van der Waals surface area contributed by atoms with Crippen LogP contribution in [-0.4, -0.2) is 19.1 Å². The van der Waals surface area contributed by atoms with Crippen LogP contribution in [-0.2, 0) is 16.5 Å². The molecule has 1 N–H and O–H groups in total. The second-order valence-electron chi connectivity index (χ2n) is 5.24. The van der Waals surface area contributed by atoms with Crippen molar-refractivity contribution in [1.82, 2.24) is 0 Å². The van der Waals surface area contributed by atoms with Gasteiger partial charge in [-0.3, -0.25) is 4.55 Å². The Bertz CT molecular complexity index is 526. The fourth-order valence-corrected chi connectivity index (χ4v) is 2.97. The molecule has 0 aliphatic heterocycles. The van der Waals surface area contributed by atoms with E-state index in [2.05, 4.69) is 6.92 Å². The minimum atomic E-state index is -4.29. The van der Waals surface area contributed by atoms with Crippen LogP contribution in [0.15, 0.2) is 23.1 Å². The predicted octanol–water partition coefficient (Wildman–Crippen LogP) is 4.09. The summed E-state index contributed by atoms with van der Waals surface area (Å²) in [4.78, 5) is -0.181. The van der Waals surface area contributed by atoms with Crippen molar-refractivity contribution in [3.8, 4) is 0 Å². The van der Waals surface area contributed by atoms with Crippen LogP contribution in [0.5, 0.6) is 0 Å². The Morgan fingerprint density at radius 2 is 1.95 bits per heavy atom. The third-order valence-corrected chi connectivity index (χ3v) is 4.26. The highest BCUT2D eigenvalue weighted by Gasteiger charge is 2.18. The number of halogens is 1. The molecule has 0 heterocycles. The first-order valence-electron chi connectivity index (χ1n) is 7.05. The van der Waals surface area contributed by atoms with E-state index in [1.807, 2.05) is 6.92 Å². The lowest BCUT2D eigenvalue weighted by molar-refractivity contribution is 0.301. The third-order valence-electron chi connectivity index (χ3n) is 3.31. The van der Waals surface area contributed by atoms with E-state index in [-0.39, 0.29) is 11.3 Å². The van der Waals surface area contributed by atoms with Gasteiger partial charge in [-0.05, 0) is 25.0 Å². The molecule has 1 aromatic rings. The maximum atomic E-state index is 13.9. The maximum absolute atomic E-state index is 13.9. The number of rotatable bonds is 8. The molecule has 0 aliphatic rings. The van der Waals surface area contributed by atoms with E-state index in [0.717, 1.165) is 31.2 Å². The number of unbranched alkanes of at least 4 members (excludes halogenated alkanes) is 3. The highest BCUT2D eigenvalue weighted by molar-refractivity contribution is 7.85. The molecule has 0 saturated heterocycles. The summed E-state index contributed by atoms with van der Waals surface area (Å²) in [5, 5.41) is 0. The molecule has 0 fully saturated rings. The van der Waals surface area contributed by atoms with Crippen molar-refractivity contribution in [1.29, 1.82) is 0 Å². The van der Waals surface area contributed by atoms with Crippen molar-refractivity contribution in [3.63, 3.8) is 0 Å². The normalized spacial score (nSPS) is 13.4. The zero-order valence-electron chi connectivity index (χ0n) is 12.1. The second-order valence-corrected chi connectivity index (χ2v) is 6.63. The predicted molar refractivity (Wildman–Crippen MR) is 78.4 cm³/mol. The van der Waals surface area contributed by atoms with E-state index in [1.54, 1.807) is 12.1 Å². The van der Waals surface area contributed by atoms with Crippen LogP contribution in [0.3, 0.4) is 0 Å². The lowest BCUT2D eigenvalue weighted by Crippen LogP contribution is -2.10. The van der Waals surface area contributed by atoms with Crippen molar-refractivity contribution >= 4 is 10.1 Å². The van der Waals surface area contributed by atoms with E-state index in [4.69, 9.17) is 4.55 Å². The molecule has 0 bridgehead atoms. The molecule has 0 radical (unpaired) electrons. The Labute approximate surface area is 121 Å². The topological polar surface area (TPSA) is 54.4 Å². The van der Waals surface area contributed by atoms with Gasteiger partial charge in [0.25, 0.3) is 10.1 Å². The molecule has 3 nitrogen and oxygen atoms in total. The second kappa shape index (κ2) is 7.74. The molecule has 0 saturated carbocycles. The number of benzene rings is 1. The monoisotopic (exact) mass is 302 g/mol. The minimum Gasteiger partial charge on any atom is -0.282 e. The van der Waals surface area contributed by atoms with Gasteiger partial charge in [-0.15, -0.1) is 0 Å². The van der Waals surface area contributed by atoms with Gasteiger partial charge in [-0.2, -0.15) is 8.42 Å². The standard InChI is InChI=1S/C15H23FO3S/c1-3-4-5-6-7-14(16)11-13-10-12(2)8-9-15(13)20(17,18)19/h8-10,14H,3-7,11H2,1-2H3,(H,17,18,19). The molecule has 0 amide bonds. The van der Waals surface area contributed by atoms with Crippen LogP contribution in [0, 0.1) is 6.92 Å². The Balaban J connectivity index is 2.73. The molecule has 0 aliphatic carbocycles. The molecule has 1 atom stereocenters. The van der Waals surface area contributed by atoms with Crippen molar-refractivity contribution in [2.24, 2.45) is 0 Å². The average molecular weight is 302 g/mol. The fraction of sp³-hybridized carbons (Fsp3) is 0.600. The maximum Gasteiger partial charge on any atom is 0.294 e. The SMILES string of the molecule is CCCCCCC(F)Cc1cc(C)ccc1S(=O)(=O)O. The minimum absolute atomic E-state index is 0.0307. The lowest BCUT2D eigenvalue weighted by atomic mass is 10.0. The van der Waals surface area contributed by atoms with Gasteiger partial charge in [0.15, 0.2) is 0 Å². The molecular weight excluding hydrogens is 279 g/mol. The van der Waals surface area contributed by atoms with Gasteiger partial charge in [-0.1, -0.05) is 50.3 Å². The summed E-state index contributed by atoms with van der Waals surface area (Å²) in [5.74, 6) is 0. The van der Waals surface area contributed by atoms with E-state index >= 15 is 0 Å². The molecule has 0 spiro atoms. The number of alkyl halides is 1. The Kier molecular flexibility index (Phi) is 6.62. The highest BCUT2D eigenvalue weighted by Crippen LogP contribution is 2.21. The summed E-state index contributed by atoms with van der Waals surface area (Å²) in [6.45, 7) is 3.91. The fourth-order valence-electron chi connectivity index (χ4n) is 2.25. The summed E-state index contributed by atoms with van der Waals surface area (Å²) < 4.78 is 45.7. The van der Waals surface area contributed by atoms with Gasteiger partial charge >= 0.3 is 0 Å². The van der Waals surface area contributed by atoms with Crippen LogP contribution in [0.2, 0.25) is 0 Å². The molecule has 114 valence electrons. The van der Waals surface area contributed by atoms with Gasteiger partial charge in [0.2, 0.25) is 0 Å². The average Bonchev–Trinajstić information content (AvgIpc) is 2.33. The Morgan fingerprint density at radius 3 is 2.55 bits per heavy atom. The van der Waals surface area contributed by atoms with Crippen LogP contribution in [0.1, 0.15) is 50.2 Å². The van der Waals surface area contributed by atoms with E-state index in [0.29, 0.717) is 12.0 Å². The summed E-state index contributed by atoms with van der Waals surface area (Å²) in [5.41, 5.74) is 1.21. The van der Waals surface area contributed by atoms with Crippen molar-refractivity contribution in [3.05, 3.63) is 29.3 Å². The molecular formula is C15H23FO3S. The lowest BCUT2D eigenvalue weighted by Gasteiger charge is -2.12. The first kappa shape index (κ1) is 17.1. The van der Waals surface area contributed by atoms with Gasteiger partial charge < -0.3 is 0 Å². The number of aryl methyl sites for hydroxylation is 1. The first-order chi connectivity index (χ1) is 9.34. The van der Waals surface area contributed by atoms with Crippen molar-refractivity contribution in [2.75, 3.05) is 0 Å². The summed E-state index contributed by atoms with van der Waals surface area (Å²) in [6.07, 6.45) is 3.38. The smallest absolute Gasteiger partial charge is 0.282 e. The molecule has 0 aromatic heterocycles. The molecule has 1 aromatic carbocycles. The van der Waals surface area contributed by atoms with Crippen molar-refractivity contribution in [2.45, 2.75) is 63.4 Å².